The Bertz CT molecular complexity index is 7210. The zero-order valence-electron chi connectivity index (χ0n) is 62.7. The number of hydrogen-bond acceptors (Lipinski definition) is 3. The van der Waals surface area contributed by atoms with Crippen LogP contribution in [0.3, 0.4) is 0 Å². The minimum Gasteiger partial charge on any atom is -0.456 e. The Balaban J connectivity index is 0.918. The highest BCUT2D eigenvalue weighted by atomic mass is 16.3. The molecule has 4 nitrogen and oxygen atoms in total. The van der Waals surface area contributed by atoms with Gasteiger partial charge in [-0.1, -0.05) is 346 Å². The SMILES string of the molecule is c1ccc(-c2cc(-c3ccccc3)c(N3c4ccc(-c5ccc6oc7ccccc7c6c5)cc4B4c5ccc(-c6c7ccccc7c(-c7ccccc7)c7ccccc67)cc5N(c5c(-c6ccccc6)cc(-c6ccccc6)cc5-c5ccccc5)c5cc(-n6c7ccccc7c7ccccc76)cc3c54)c(-c3ccccc3)c2)cc1. The molecule has 0 fully saturated rings. The van der Waals surface area contributed by atoms with E-state index in [4.69, 9.17) is 4.42 Å². The number of rotatable bonds is 12. The average molecular weight is 1460 g/mol. The van der Waals surface area contributed by atoms with Gasteiger partial charge in [0.25, 0.3) is 6.71 Å². The van der Waals surface area contributed by atoms with Gasteiger partial charge < -0.3 is 18.8 Å². The Morgan fingerprint density at radius 2 is 0.557 bits per heavy atom. The summed E-state index contributed by atoms with van der Waals surface area (Å²) in [5.74, 6) is 0. The van der Waals surface area contributed by atoms with Crippen LogP contribution in [0.25, 0.3) is 171 Å². The molecule has 115 heavy (non-hydrogen) atoms. The largest absolute Gasteiger partial charge is 0.456 e. The lowest BCUT2D eigenvalue weighted by molar-refractivity contribution is 0.669. The normalized spacial score (nSPS) is 12.3. The summed E-state index contributed by atoms with van der Waals surface area (Å²) in [6.45, 7) is -0.357. The van der Waals surface area contributed by atoms with Crippen LogP contribution in [0.5, 0.6) is 0 Å². The van der Waals surface area contributed by atoms with Crippen molar-refractivity contribution in [2.75, 3.05) is 9.80 Å². The standard InChI is InChI=1S/C110H70BN3O/c1-8-32-71(33-9-1)81-63-91(73-36-12-3-13-37-73)109(92(64-81)74-38-14-4-15-39-74)113-100-60-57-79(78-58-61-105-95(62-78)86-48-28-31-55-104(86)115-105)67-97(100)111-96-59-56-80(107-89-51-24-22-49-87(89)106(77-44-20-7-21-45-77)88-50-23-25-52-90(88)107)68-101(96)114(103-70-83(69-102(113)108(103)111)112-98-53-29-26-46-84(98)85-47-27-30-54-99(85)112)110-93(75-40-16-5-17-41-75)65-82(72-34-10-2-11-35-72)66-94(110)76-42-18-6-19-43-76/h1-70H. The Morgan fingerprint density at radius 3 is 1.03 bits per heavy atom. The van der Waals surface area contributed by atoms with Gasteiger partial charge in [-0.25, -0.2) is 0 Å². The molecule has 0 bridgehead atoms. The molecule has 4 heterocycles. The molecule has 0 saturated heterocycles. The second-order valence-corrected chi connectivity index (χ2v) is 30.5. The summed E-state index contributed by atoms with van der Waals surface area (Å²) in [4.78, 5) is 5.42. The van der Waals surface area contributed by atoms with Crippen LogP contribution in [0.4, 0.5) is 34.1 Å². The number of furan rings is 1. The lowest BCUT2D eigenvalue weighted by atomic mass is 9.33. The third kappa shape index (κ3) is 10.7. The summed E-state index contributed by atoms with van der Waals surface area (Å²) in [5, 5.41) is 9.33. The van der Waals surface area contributed by atoms with Gasteiger partial charge in [-0.05, 0) is 195 Å². The Labute approximate surface area is 667 Å². The summed E-state index contributed by atoms with van der Waals surface area (Å²) >= 11 is 0. The average Bonchev–Trinajstić information content (AvgIpc) is 1.07. The van der Waals surface area contributed by atoms with E-state index in [2.05, 4.69) is 439 Å². The number of fused-ring (bicyclic) bond motifs is 12. The molecule has 5 heteroatoms. The Hall–Kier alpha value is -15.0. The molecule has 19 aromatic carbocycles. The summed E-state index contributed by atoms with van der Waals surface area (Å²) in [6.07, 6.45) is 0. The van der Waals surface area contributed by atoms with Gasteiger partial charge in [0, 0.05) is 66.5 Å². The third-order valence-electron chi connectivity index (χ3n) is 24.1. The van der Waals surface area contributed by atoms with Crippen molar-refractivity contribution in [2.45, 2.75) is 0 Å². The molecule has 2 aromatic heterocycles. The molecule has 2 aliphatic rings. The molecule has 0 saturated carbocycles. The quantitative estimate of drug-likeness (QED) is 0.0900. The second-order valence-electron chi connectivity index (χ2n) is 30.5. The molecule has 23 rings (SSSR count). The van der Waals surface area contributed by atoms with E-state index in [0.29, 0.717) is 0 Å². The minimum absolute atomic E-state index is 0.357. The van der Waals surface area contributed by atoms with E-state index < -0.39 is 0 Å². The lowest BCUT2D eigenvalue weighted by Gasteiger charge is -2.46. The molecule has 21 aromatic rings. The Kier molecular flexibility index (Phi) is 15.4. The van der Waals surface area contributed by atoms with E-state index in [9.17, 15) is 0 Å². The fourth-order valence-electron chi connectivity index (χ4n) is 19.1. The predicted molar refractivity (Wildman–Crippen MR) is 486 cm³/mol. The van der Waals surface area contributed by atoms with Gasteiger partial charge in [0.15, 0.2) is 0 Å². The topological polar surface area (TPSA) is 24.6 Å². The van der Waals surface area contributed by atoms with Crippen LogP contribution in [0.2, 0.25) is 0 Å². The van der Waals surface area contributed by atoms with Crippen molar-refractivity contribution in [1.82, 2.24) is 4.57 Å². The third-order valence-corrected chi connectivity index (χ3v) is 24.1. The van der Waals surface area contributed by atoms with Crippen LogP contribution in [0.15, 0.2) is 429 Å². The van der Waals surface area contributed by atoms with Gasteiger partial charge in [0.1, 0.15) is 11.2 Å². The minimum atomic E-state index is -0.357. The van der Waals surface area contributed by atoms with Gasteiger partial charge in [-0.3, -0.25) is 0 Å². The van der Waals surface area contributed by atoms with Crippen molar-refractivity contribution in [3.8, 4) is 106 Å². The van der Waals surface area contributed by atoms with Crippen LogP contribution in [-0.2, 0) is 0 Å². The highest BCUT2D eigenvalue weighted by Crippen LogP contribution is 2.57. The van der Waals surface area contributed by atoms with Crippen molar-refractivity contribution in [3.63, 3.8) is 0 Å². The van der Waals surface area contributed by atoms with Crippen molar-refractivity contribution in [1.29, 1.82) is 0 Å². The highest BCUT2D eigenvalue weighted by molar-refractivity contribution is 7.00. The van der Waals surface area contributed by atoms with E-state index in [1.165, 1.54) is 65.4 Å². The number of anilines is 6. The maximum Gasteiger partial charge on any atom is 0.252 e. The first-order valence-electron chi connectivity index (χ1n) is 39.7. The smallest absolute Gasteiger partial charge is 0.252 e. The van der Waals surface area contributed by atoms with E-state index in [-0.39, 0.29) is 6.71 Å². The van der Waals surface area contributed by atoms with Crippen molar-refractivity contribution >= 4 is 123 Å². The van der Waals surface area contributed by atoms with Crippen LogP contribution in [-0.4, -0.2) is 11.3 Å². The molecule has 2 aliphatic heterocycles. The first-order chi connectivity index (χ1) is 57.1. The molecule has 0 aliphatic carbocycles. The van der Waals surface area contributed by atoms with E-state index in [1.54, 1.807) is 0 Å². The van der Waals surface area contributed by atoms with Gasteiger partial charge in [-0.15, -0.1) is 0 Å². The van der Waals surface area contributed by atoms with Gasteiger partial charge in [0.05, 0.1) is 28.1 Å². The van der Waals surface area contributed by atoms with E-state index in [1.807, 2.05) is 0 Å². The number of aromatic nitrogens is 1. The molecule has 0 unspecified atom stereocenters. The molecule has 0 N–H and O–H groups in total. The fourth-order valence-corrected chi connectivity index (χ4v) is 19.1. The monoisotopic (exact) mass is 1460 g/mol. The molecule has 0 amide bonds. The number of para-hydroxylation sites is 3. The molecule has 0 spiro atoms. The maximum absolute atomic E-state index is 6.60. The summed E-state index contributed by atoms with van der Waals surface area (Å²) in [5.41, 5.74) is 35.3. The van der Waals surface area contributed by atoms with Gasteiger partial charge in [0.2, 0.25) is 0 Å². The molecule has 0 atom stereocenters. The maximum atomic E-state index is 6.60. The first-order valence-corrected chi connectivity index (χ1v) is 39.7. The van der Waals surface area contributed by atoms with Crippen molar-refractivity contribution in [3.05, 3.63) is 425 Å². The van der Waals surface area contributed by atoms with Gasteiger partial charge >= 0.3 is 0 Å². The second kappa shape index (κ2) is 26.9. The number of benzene rings is 19. The molecular weight excluding hydrogens is 1390 g/mol. The fraction of sp³-hybridized carbons (Fsp3) is 0. The van der Waals surface area contributed by atoms with E-state index in [0.717, 1.165) is 156 Å². The molecule has 0 radical (unpaired) electrons. The number of nitrogens with zero attached hydrogens (tertiary/aromatic N) is 3. The summed E-state index contributed by atoms with van der Waals surface area (Å²) in [6, 6.07) is 159. The highest BCUT2D eigenvalue weighted by Gasteiger charge is 2.46. The zero-order valence-corrected chi connectivity index (χ0v) is 62.7. The summed E-state index contributed by atoms with van der Waals surface area (Å²) < 4.78 is 9.14. The Morgan fingerprint density at radius 1 is 0.200 bits per heavy atom. The van der Waals surface area contributed by atoms with Crippen LogP contribution in [0, 0.1) is 0 Å². The zero-order chi connectivity index (χ0) is 75.6. The molecular formula is C110H70BN3O. The van der Waals surface area contributed by atoms with Crippen LogP contribution < -0.4 is 26.2 Å². The first kappa shape index (κ1) is 65.8. The van der Waals surface area contributed by atoms with Crippen molar-refractivity contribution < 1.29 is 4.42 Å². The van der Waals surface area contributed by atoms with Crippen molar-refractivity contribution in [2.24, 2.45) is 0 Å². The van der Waals surface area contributed by atoms with E-state index >= 15 is 0 Å². The number of hydrogen-bond donors (Lipinski definition) is 0. The lowest BCUT2D eigenvalue weighted by Crippen LogP contribution is -2.61. The van der Waals surface area contributed by atoms with Crippen LogP contribution >= 0.6 is 0 Å². The van der Waals surface area contributed by atoms with Crippen LogP contribution in [0.1, 0.15) is 0 Å². The summed E-state index contributed by atoms with van der Waals surface area (Å²) in [7, 11) is 0. The van der Waals surface area contributed by atoms with Gasteiger partial charge in [-0.2, -0.15) is 0 Å². The predicted octanol–water partition coefficient (Wildman–Crippen LogP) is 28.1. The molecule has 534 valence electrons.